The van der Waals surface area contributed by atoms with Crippen molar-refractivity contribution in [2.24, 2.45) is 5.92 Å². The molecule has 0 radical (unpaired) electrons. The van der Waals surface area contributed by atoms with Crippen LogP contribution < -0.4 is 4.72 Å². The molecule has 3 unspecified atom stereocenters. The summed E-state index contributed by atoms with van der Waals surface area (Å²) in [5.74, 6) is 0.485. The number of nitrogens with one attached hydrogen (secondary N) is 1. The van der Waals surface area contributed by atoms with Gasteiger partial charge in [0.25, 0.3) is 17.2 Å². The highest BCUT2D eigenvalue weighted by Gasteiger charge is 2.30. The van der Waals surface area contributed by atoms with E-state index in [0.717, 1.165) is 39.3 Å². The number of hydrogen-bond acceptors (Lipinski definition) is 4. The molecule has 1 amide bonds. The summed E-state index contributed by atoms with van der Waals surface area (Å²) in [6.45, 7) is 7.09. The van der Waals surface area contributed by atoms with Gasteiger partial charge >= 0.3 is 0 Å². The van der Waals surface area contributed by atoms with E-state index in [9.17, 15) is 9.00 Å². The summed E-state index contributed by atoms with van der Waals surface area (Å²) in [6, 6.07) is 4.75. The van der Waals surface area contributed by atoms with Crippen LogP contribution in [-0.4, -0.2) is 69.9 Å². The van der Waals surface area contributed by atoms with Crippen LogP contribution in [0.4, 0.5) is 5.69 Å². The minimum absolute atomic E-state index is 0.0948. The first-order chi connectivity index (χ1) is 12.4. The number of nitrogens with zero attached hydrogens (tertiary/aromatic N) is 2. The summed E-state index contributed by atoms with van der Waals surface area (Å²) in [5, 5.41) is 0.267. The lowest BCUT2D eigenvalue weighted by molar-refractivity contribution is 0.0452. The number of piperazine rings is 1. The van der Waals surface area contributed by atoms with Crippen molar-refractivity contribution in [3.8, 4) is 0 Å². The van der Waals surface area contributed by atoms with Crippen molar-refractivity contribution in [3.05, 3.63) is 28.8 Å². The monoisotopic (exact) mass is 401 g/mol. The first kappa shape index (κ1) is 19.6. The molecule has 3 rings (SSSR count). The van der Waals surface area contributed by atoms with Gasteiger partial charge in [-0.25, -0.2) is 4.21 Å². The van der Waals surface area contributed by atoms with Crippen LogP contribution in [0.5, 0.6) is 0 Å². The average molecular weight is 402 g/mol. The molecule has 0 saturated carbocycles. The van der Waals surface area contributed by atoms with Gasteiger partial charge in [-0.3, -0.25) is 19.0 Å². The Morgan fingerprint density at radius 1 is 1.46 bits per heavy atom. The minimum Gasteiger partial charge on any atom is -0.381 e. The maximum Gasteiger partial charge on any atom is 0.259 e. The maximum absolute atomic E-state index is 12.9. The van der Waals surface area contributed by atoms with Gasteiger partial charge in [-0.05, 0) is 37.5 Å². The quantitative estimate of drug-likeness (QED) is 0.738. The molecule has 7 nitrogen and oxygen atoms in total. The predicted octanol–water partition coefficient (Wildman–Crippen LogP) is 2.07. The second-order valence-corrected chi connectivity index (χ2v) is 7.99. The maximum atomic E-state index is 12.9. The molecule has 0 aromatic heterocycles. The number of carbonyl (C=O) groups excluding carboxylic acids is 1. The molecule has 1 aromatic rings. The summed E-state index contributed by atoms with van der Waals surface area (Å²) >= 11 is 4.05. The lowest BCUT2D eigenvalue weighted by Crippen LogP contribution is -2.54. The van der Waals surface area contributed by atoms with E-state index in [-0.39, 0.29) is 17.0 Å². The van der Waals surface area contributed by atoms with E-state index in [0.29, 0.717) is 23.7 Å². The van der Waals surface area contributed by atoms with E-state index in [1.165, 1.54) is 6.07 Å². The molecule has 2 aliphatic rings. The Balaban J connectivity index is 1.62. The number of benzene rings is 1. The van der Waals surface area contributed by atoms with Crippen LogP contribution in [0.15, 0.2) is 18.2 Å². The summed E-state index contributed by atoms with van der Waals surface area (Å²) in [6.07, 6.45) is 1.11. The molecular weight excluding hydrogens is 378 g/mol. The van der Waals surface area contributed by atoms with Crippen LogP contribution in [0.1, 0.15) is 23.7 Å². The van der Waals surface area contributed by atoms with Gasteiger partial charge in [0, 0.05) is 44.5 Å². The first-order valence-corrected chi connectivity index (χ1v) is 10.2. The second-order valence-electron chi connectivity index (χ2n) is 6.88. The van der Waals surface area contributed by atoms with Crippen molar-refractivity contribution in [3.63, 3.8) is 0 Å². The summed E-state index contributed by atoms with van der Waals surface area (Å²) in [5.41, 5.74) is 0.800. The third-order valence-corrected chi connectivity index (χ3v) is 5.64. The van der Waals surface area contributed by atoms with Crippen molar-refractivity contribution in [1.82, 2.24) is 9.80 Å². The Morgan fingerprint density at radius 2 is 2.27 bits per heavy atom. The molecule has 1 aromatic carbocycles. The van der Waals surface area contributed by atoms with E-state index in [1.807, 2.05) is 11.8 Å². The molecule has 3 atom stereocenters. The zero-order valence-electron chi connectivity index (χ0n) is 14.7. The molecular formula is C17H24ClN3O4S. The molecule has 0 aliphatic carbocycles. The molecule has 2 N–H and O–H groups in total. The van der Waals surface area contributed by atoms with Crippen molar-refractivity contribution in [2.75, 3.05) is 44.1 Å². The van der Waals surface area contributed by atoms with Crippen LogP contribution in [0, 0.1) is 5.92 Å². The van der Waals surface area contributed by atoms with E-state index in [4.69, 9.17) is 20.9 Å². The minimum atomic E-state index is -2.18. The van der Waals surface area contributed by atoms with Gasteiger partial charge in [0.2, 0.25) is 0 Å². The molecule has 2 fully saturated rings. The number of carbonyl (C=O) groups is 1. The number of hydrogen-bond donors (Lipinski definition) is 2. The fraction of sp³-hybridized carbons (Fsp3) is 0.588. The molecule has 2 saturated heterocycles. The molecule has 0 spiro atoms. The fourth-order valence-corrected chi connectivity index (χ4v) is 4.19. The fourth-order valence-electron chi connectivity index (χ4n) is 3.60. The first-order valence-electron chi connectivity index (χ1n) is 8.72. The van der Waals surface area contributed by atoms with Gasteiger partial charge in [-0.1, -0.05) is 11.6 Å². The molecule has 0 bridgehead atoms. The molecule has 2 aliphatic heterocycles. The summed E-state index contributed by atoms with van der Waals surface area (Å²) in [7, 11) is 0. The Kier molecular flexibility index (Phi) is 6.52. The standard InChI is InChI=1S/C17H24ClN3O4S/c1-12-9-20(10-13-4-7-25-11-13)5-6-21(12)17(22)15-3-2-14(8-16(15)18)19-26(23)24/h2-3,8,12-13,19H,4-7,9-11H2,1H3,(H,23,24). The zero-order valence-corrected chi connectivity index (χ0v) is 16.3. The van der Waals surface area contributed by atoms with Crippen LogP contribution in [0.25, 0.3) is 0 Å². The van der Waals surface area contributed by atoms with Gasteiger partial charge in [-0.15, -0.1) is 0 Å². The number of ether oxygens (including phenoxy) is 1. The SMILES string of the molecule is CC1CN(CC2CCOC2)CCN1C(=O)c1ccc(NS(=O)O)cc1Cl. The van der Waals surface area contributed by atoms with Gasteiger partial charge in [0.15, 0.2) is 0 Å². The summed E-state index contributed by atoms with van der Waals surface area (Å²) < 4.78 is 27.5. The number of halogens is 1. The highest BCUT2D eigenvalue weighted by Crippen LogP contribution is 2.25. The van der Waals surface area contributed by atoms with Crippen molar-refractivity contribution in [1.29, 1.82) is 0 Å². The largest absolute Gasteiger partial charge is 0.381 e. The molecule has 26 heavy (non-hydrogen) atoms. The lowest BCUT2D eigenvalue weighted by atomic mass is 10.1. The summed E-state index contributed by atoms with van der Waals surface area (Å²) in [4.78, 5) is 17.1. The number of anilines is 1. The number of amides is 1. The topological polar surface area (TPSA) is 82.1 Å². The molecule has 144 valence electrons. The van der Waals surface area contributed by atoms with Gasteiger partial charge in [0.1, 0.15) is 0 Å². The van der Waals surface area contributed by atoms with E-state index < -0.39 is 11.3 Å². The van der Waals surface area contributed by atoms with E-state index in [1.54, 1.807) is 12.1 Å². The van der Waals surface area contributed by atoms with Crippen LogP contribution in [-0.2, 0) is 16.0 Å². The third kappa shape index (κ3) is 4.75. The highest BCUT2D eigenvalue weighted by molar-refractivity contribution is 7.80. The highest BCUT2D eigenvalue weighted by atomic mass is 35.5. The molecule has 2 heterocycles. The van der Waals surface area contributed by atoms with E-state index in [2.05, 4.69) is 9.62 Å². The Bertz CT molecular complexity index is 684. The lowest BCUT2D eigenvalue weighted by Gasteiger charge is -2.40. The van der Waals surface area contributed by atoms with Crippen molar-refractivity contribution >= 4 is 34.5 Å². The smallest absolute Gasteiger partial charge is 0.259 e. The Labute approximate surface area is 161 Å². The van der Waals surface area contributed by atoms with Gasteiger partial charge in [0.05, 0.1) is 17.2 Å². The zero-order chi connectivity index (χ0) is 18.7. The predicted molar refractivity (Wildman–Crippen MR) is 102 cm³/mol. The van der Waals surface area contributed by atoms with Crippen LogP contribution in [0.3, 0.4) is 0 Å². The van der Waals surface area contributed by atoms with Crippen LogP contribution >= 0.6 is 11.6 Å². The van der Waals surface area contributed by atoms with Crippen LogP contribution in [0.2, 0.25) is 5.02 Å². The Morgan fingerprint density at radius 3 is 2.88 bits per heavy atom. The van der Waals surface area contributed by atoms with Crippen molar-refractivity contribution in [2.45, 2.75) is 19.4 Å². The Hall–Kier alpha value is -1.19. The average Bonchev–Trinajstić information content (AvgIpc) is 3.07. The van der Waals surface area contributed by atoms with Gasteiger partial charge < -0.3 is 9.64 Å². The van der Waals surface area contributed by atoms with Crippen molar-refractivity contribution < 1.29 is 18.3 Å². The van der Waals surface area contributed by atoms with Gasteiger partial charge in [-0.2, -0.15) is 0 Å². The second kappa shape index (κ2) is 8.67. The normalized spacial score (nSPS) is 25.3. The number of rotatable bonds is 5. The third-order valence-electron chi connectivity index (χ3n) is 4.92. The van der Waals surface area contributed by atoms with E-state index >= 15 is 0 Å². The molecule has 9 heteroatoms.